The number of benzene rings is 1. The summed E-state index contributed by atoms with van der Waals surface area (Å²) in [5.41, 5.74) is 2.63. The van der Waals surface area contributed by atoms with Crippen molar-refractivity contribution in [3.63, 3.8) is 0 Å². The number of fused-ring (bicyclic) bond motifs is 1. The molecule has 23 heavy (non-hydrogen) atoms. The Kier molecular flexibility index (Phi) is 7.56. The van der Waals surface area contributed by atoms with E-state index in [1.807, 2.05) is 0 Å². The Bertz CT molecular complexity index is 658. The summed E-state index contributed by atoms with van der Waals surface area (Å²) >= 11 is 0. The minimum atomic E-state index is -1.26. The zero-order chi connectivity index (χ0) is 17.2. The van der Waals surface area contributed by atoms with Gasteiger partial charge in [-0.25, -0.2) is 9.59 Å². The fourth-order valence-electron chi connectivity index (χ4n) is 1.98. The molecule has 6 heteroatoms. The lowest BCUT2D eigenvalue weighted by Gasteiger charge is -2.06. The van der Waals surface area contributed by atoms with Crippen LogP contribution < -0.4 is 5.32 Å². The Balaban J connectivity index is 0.000000284. The van der Waals surface area contributed by atoms with Gasteiger partial charge in [0, 0.05) is 35.3 Å². The summed E-state index contributed by atoms with van der Waals surface area (Å²) in [6.07, 6.45) is 4.32. The number of rotatable bonds is 6. The molecular formula is C17H22N2O4. The van der Waals surface area contributed by atoms with Crippen molar-refractivity contribution in [1.29, 1.82) is 0 Å². The minimum absolute atomic E-state index is 0.558. The van der Waals surface area contributed by atoms with Crippen molar-refractivity contribution in [3.05, 3.63) is 48.2 Å². The smallest absolute Gasteiger partial charge is 0.328 e. The Morgan fingerprint density at radius 1 is 1.17 bits per heavy atom. The molecule has 0 unspecified atom stereocenters. The molecule has 0 bridgehead atoms. The van der Waals surface area contributed by atoms with E-state index in [-0.39, 0.29) is 0 Å². The van der Waals surface area contributed by atoms with Crippen LogP contribution in [0.2, 0.25) is 0 Å². The second-order valence-electron chi connectivity index (χ2n) is 5.23. The third-order valence-electron chi connectivity index (χ3n) is 2.99. The highest BCUT2D eigenvalue weighted by atomic mass is 16.4. The van der Waals surface area contributed by atoms with Gasteiger partial charge in [0.05, 0.1) is 0 Å². The number of nitrogens with one attached hydrogen (secondary N) is 2. The molecule has 6 nitrogen and oxygen atoms in total. The Labute approximate surface area is 134 Å². The summed E-state index contributed by atoms with van der Waals surface area (Å²) in [5, 5.41) is 20.4. The van der Waals surface area contributed by atoms with Crippen LogP contribution in [0.1, 0.15) is 19.4 Å². The van der Waals surface area contributed by atoms with Gasteiger partial charge in [-0.3, -0.25) is 0 Å². The van der Waals surface area contributed by atoms with E-state index in [2.05, 4.69) is 54.6 Å². The molecular weight excluding hydrogens is 296 g/mol. The molecule has 2 aromatic rings. The molecule has 4 N–H and O–H groups in total. The highest BCUT2D eigenvalue weighted by Gasteiger charge is 2.02. The molecule has 0 aliphatic heterocycles. The largest absolute Gasteiger partial charge is 0.478 e. The van der Waals surface area contributed by atoms with Gasteiger partial charge in [0.15, 0.2) is 0 Å². The number of hydrogen-bond acceptors (Lipinski definition) is 3. The van der Waals surface area contributed by atoms with Crippen LogP contribution >= 0.6 is 0 Å². The van der Waals surface area contributed by atoms with Gasteiger partial charge in [-0.15, -0.1) is 0 Å². The Morgan fingerprint density at radius 3 is 2.35 bits per heavy atom. The van der Waals surface area contributed by atoms with Crippen LogP contribution in [-0.2, 0) is 16.0 Å². The summed E-state index contributed by atoms with van der Waals surface area (Å²) in [4.78, 5) is 22.4. The highest BCUT2D eigenvalue weighted by Crippen LogP contribution is 2.17. The van der Waals surface area contributed by atoms with E-state index in [1.54, 1.807) is 0 Å². The van der Waals surface area contributed by atoms with Crippen molar-refractivity contribution >= 4 is 22.8 Å². The first-order chi connectivity index (χ1) is 10.9. The Morgan fingerprint density at radius 2 is 1.78 bits per heavy atom. The van der Waals surface area contributed by atoms with Crippen LogP contribution in [0, 0.1) is 0 Å². The van der Waals surface area contributed by atoms with E-state index in [4.69, 9.17) is 10.2 Å². The summed E-state index contributed by atoms with van der Waals surface area (Å²) in [5.74, 6) is -2.51. The first-order valence-electron chi connectivity index (χ1n) is 7.32. The lowest BCUT2D eigenvalue weighted by molar-refractivity contribution is -0.134. The van der Waals surface area contributed by atoms with Gasteiger partial charge in [-0.05, 0) is 24.6 Å². The quantitative estimate of drug-likeness (QED) is 0.613. The van der Waals surface area contributed by atoms with Crippen molar-refractivity contribution in [2.75, 3.05) is 6.54 Å². The first kappa shape index (κ1) is 18.4. The van der Waals surface area contributed by atoms with Gasteiger partial charge < -0.3 is 20.5 Å². The SMILES string of the molecule is CC(C)NCCc1c[nH]c2ccccc12.O=C(O)/C=C/C(=O)O. The molecule has 0 saturated carbocycles. The average Bonchev–Trinajstić information content (AvgIpc) is 2.89. The number of H-pyrrole nitrogens is 1. The van der Waals surface area contributed by atoms with Crippen LogP contribution in [0.25, 0.3) is 10.9 Å². The van der Waals surface area contributed by atoms with E-state index < -0.39 is 11.9 Å². The fraction of sp³-hybridized carbons (Fsp3) is 0.294. The molecule has 0 atom stereocenters. The summed E-state index contributed by atoms with van der Waals surface area (Å²) < 4.78 is 0. The molecule has 0 aliphatic rings. The van der Waals surface area contributed by atoms with E-state index in [1.165, 1.54) is 16.5 Å². The molecule has 124 valence electrons. The van der Waals surface area contributed by atoms with Crippen molar-refractivity contribution in [2.24, 2.45) is 0 Å². The maximum Gasteiger partial charge on any atom is 0.328 e. The van der Waals surface area contributed by atoms with Gasteiger partial charge in [-0.1, -0.05) is 32.0 Å². The van der Waals surface area contributed by atoms with Crippen molar-refractivity contribution < 1.29 is 19.8 Å². The lowest BCUT2D eigenvalue weighted by Crippen LogP contribution is -2.24. The second-order valence-corrected chi connectivity index (χ2v) is 5.23. The number of carboxylic acid groups (broad SMARTS) is 2. The second kappa shape index (κ2) is 9.42. The molecule has 0 spiro atoms. The highest BCUT2D eigenvalue weighted by molar-refractivity contribution is 5.89. The number of hydrogen-bond donors (Lipinski definition) is 4. The summed E-state index contributed by atoms with van der Waals surface area (Å²) in [7, 11) is 0. The zero-order valence-electron chi connectivity index (χ0n) is 13.2. The number of carbonyl (C=O) groups is 2. The molecule has 1 heterocycles. The maximum atomic E-state index is 9.55. The molecule has 0 aliphatic carbocycles. The fourth-order valence-corrected chi connectivity index (χ4v) is 1.98. The van der Waals surface area contributed by atoms with Crippen LogP contribution in [-0.4, -0.2) is 39.7 Å². The van der Waals surface area contributed by atoms with E-state index >= 15 is 0 Å². The topological polar surface area (TPSA) is 102 Å². The molecule has 0 fully saturated rings. The van der Waals surface area contributed by atoms with Crippen LogP contribution in [0.4, 0.5) is 0 Å². The summed E-state index contributed by atoms with van der Waals surface area (Å²) in [6.45, 7) is 5.39. The molecule has 0 radical (unpaired) electrons. The molecule has 0 saturated heterocycles. The Hall–Kier alpha value is -2.60. The predicted octanol–water partition coefficient (Wildman–Crippen LogP) is 2.42. The van der Waals surface area contributed by atoms with Crippen LogP contribution in [0.5, 0.6) is 0 Å². The predicted molar refractivity (Wildman–Crippen MR) is 89.6 cm³/mol. The van der Waals surface area contributed by atoms with Crippen LogP contribution in [0.15, 0.2) is 42.6 Å². The van der Waals surface area contributed by atoms with Gasteiger partial charge >= 0.3 is 11.9 Å². The number of aromatic amines is 1. The number of para-hydroxylation sites is 1. The molecule has 1 aromatic carbocycles. The molecule has 0 amide bonds. The van der Waals surface area contributed by atoms with E-state index in [0.29, 0.717) is 18.2 Å². The minimum Gasteiger partial charge on any atom is -0.478 e. The van der Waals surface area contributed by atoms with Crippen molar-refractivity contribution in [3.8, 4) is 0 Å². The third-order valence-corrected chi connectivity index (χ3v) is 2.99. The average molecular weight is 318 g/mol. The number of carboxylic acids is 2. The molecule has 2 rings (SSSR count). The van der Waals surface area contributed by atoms with Gasteiger partial charge in [-0.2, -0.15) is 0 Å². The number of aliphatic carboxylic acids is 2. The van der Waals surface area contributed by atoms with Gasteiger partial charge in [0.25, 0.3) is 0 Å². The zero-order valence-corrected chi connectivity index (χ0v) is 13.2. The first-order valence-corrected chi connectivity index (χ1v) is 7.32. The molecule has 1 aromatic heterocycles. The number of aromatic nitrogens is 1. The monoisotopic (exact) mass is 318 g/mol. The summed E-state index contributed by atoms with van der Waals surface area (Å²) in [6, 6.07) is 9.02. The standard InChI is InChI=1S/C13H18N2.C4H4O4/c1-10(2)14-8-7-11-9-15-13-6-4-3-5-12(11)13;5-3(6)1-2-4(7)8/h3-6,9-10,14-15H,7-8H2,1-2H3;1-2H,(H,5,6)(H,7,8)/b;2-1+. The van der Waals surface area contributed by atoms with Crippen molar-refractivity contribution in [1.82, 2.24) is 10.3 Å². The van der Waals surface area contributed by atoms with E-state index in [0.717, 1.165) is 13.0 Å². The van der Waals surface area contributed by atoms with Crippen molar-refractivity contribution in [2.45, 2.75) is 26.3 Å². The van der Waals surface area contributed by atoms with E-state index in [9.17, 15) is 9.59 Å². The maximum absolute atomic E-state index is 9.55. The van der Waals surface area contributed by atoms with Gasteiger partial charge in [0.2, 0.25) is 0 Å². The van der Waals surface area contributed by atoms with Gasteiger partial charge in [0.1, 0.15) is 0 Å². The van der Waals surface area contributed by atoms with Crippen LogP contribution in [0.3, 0.4) is 0 Å². The lowest BCUT2D eigenvalue weighted by atomic mass is 10.1. The third kappa shape index (κ3) is 7.28. The normalized spacial score (nSPS) is 10.7.